The number of nitrogens with zero attached hydrogens (tertiary/aromatic N) is 1. The summed E-state index contributed by atoms with van der Waals surface area (Å²) in [6.45, 7) is 4.19. The molecule has 18 heavy (non-hydrogen) atoms. The van der Waals surface area contributed by atoms with E-state index >= 15 is 0 Å². The first kappa shape index (κ1) is 14.4. The Morgan fingerprint density at radius 2 is 2.00 bits per heavy atom. The van der Waals surface area contributed by atoms with E-state index in [0.29, 0.717) is 13.0 Å². The number of carbonyl (C=O) groups is 1. The highest BCUT2D eigenvalue weighted by Gasteiger charge is 2.18. The van der Waals surface area contributed by atoms with E-state index in [9.17, 15) is 4.79 Å². The molecule has 1 N–H and O–H groups in total. The topological polar surface area (TPSA) is 41.6 Å². The summed E-state index contributed by atoms with van der Waals surface area (Å²) in [6.07, 6.45) is 0.695. The van der Waals surface area contributed by atoms with Crippen molar-refractivity contribution in [2.45, 2.75) is 26.3 Å². The second-order valence-electron chi connectivity index (χ2n) is 4.27. The fourth-order valence-corrected chi connectivity index (χ4v) is 1.74. The van der Waals surface area contributed by atoms with Crippen LogP contribution in [0.1, 0.15) is 20.3 Å². The highest BCUT2D eigenvalue weighted by Crippen LogP contribution is 2.24. The molecule has 1 aromatic rings. The van der Waals surface area contributed by atoms with Crippen LogP contribution in [0.25, 0.3) is 0 Å². The molecule has 0 spiro atoms. The first-order chi connectivity index (χ1) is 8.60. The van der Waals surface area contributed by atoms with Gasteiger partial charge < -0.3 is 15.0 Å². The van der Waals surface area contributed by atoms with Gasteiger partial charge in [0.05, 0.1) is 18.0 Å². The fraction of sp³-hybridized carbons (Fsp3) is 0.500. The number of anilines is 2. The van der Waals surface area contributed by atoms with Crippen molar-refractivity contribution in [3.8, 4) is 0 Å². The zero-order chi connectivity index (χ0) is 13.5. The summed E-state index contributed by atoms with van der Waals surface area (Å²) in [7, 11) is 3.96. The fourth-order valence-electron chi connectivity index (χ4n) is 1.74. The lowest BCUT2D eigenvalue weighted by atomic mass is 10.2. The van der Waals surface area contributed by atoms with Gasteiger partial charge in [0.1, 0.15) is 6.04 Å². The van der Waals surface area contributed by atoms with Gasteiger partial charge in [-0.1, -0.05) is 19.1 Å². The van der Waals surface area contributed by atoms with Crippen molar-refractivity contribution in [1.82, 2.24) is 0 Å². The number of hydrogen-bond donors (Lipinski definition) is 1. The summed E-state index contributed by atoms with van der Waals surface area (Å²) >= 11 is 0. The Kier molecular flexibility index (Phi) is 5.49. The second-order valence-corrected chi connectivity index (χ2v) is 4.27. The van der Waals surface area contributed by atoms with Crippen molar-refractivity contribution in [3.05, 3.63) is 24.3 Å². The molecule has 0 aromatic heterocycles. The molecule has 0 aliphatic carbocycles. The van der Waals surface area contributed by atoms with Gasteiger partial charge in [-0.2, -0.15) is 0 Å². The van der Waals surface area contributed by atoms with Crippen LogP contribution in [0.3, 0.4) is 0 Å². The molecular weight excluding hydrogens is 228 g/mol. The second kappa shape index (κ2) is 6.89. The molecule has 0 saturated heterocycles. The molecule has 0 heterocycles. The summed E-state index contributed by atoms with van der Waals surface area (Å²) in [4.78, 5) is 13.8. The van der Waals surface area contributed by atoms with Gasteiger partial charge in [0.15, 0.2) is 0 Å². The Bertz CT molecular complexity index is 391. The van der Waals surface area contributed by atoms with E-state index in [2.05, 4.69) is 5.32 Å². The first-order valence-corrected chi connectivity index (χ1v) is 6.29. The molecule has 100 valence electrons. The number of hydrogen-bond acceptors (Lipinski definition) is 4. The Balaban J connectivity index is 2.85. The van der Waals surface area contributed by atoms with Crippen LogP contribution in [0, 0.1) is 0 Å². The molecule has 0 saturated carbocycles. The number of carbonyl (C=O) groups excluding carboxylic acids is 1. The summed E-state index contributed by atoms with van der Waals surface area (Å²) < 4.78 is 5.05. The maximum absolute atomic E-state index is 11.8. The van der Waals surface area contributed by atoms with Crippen molar-refractivity contribution < 1.29 is 9.53 Å². The number of ether oxygens (including phenoxy) is 1. The Morgan fingerprint density at radius 1 is 1.33 bits per heavy atom. The minimum Gasteiger partial charge on any atom is -0.464 e. The van der Waals surface area contributed by atoms with Gasteiger partial charge in [0.2, 0.25) is 0 Å². The van der Waals surface area contributed by atoms with Crippen molar-refractivity contribution in [2.75, 3.05) is 30.9 Å². The lowest BCUT2D eigenvalue weighted by Crippen LogP contribution is -2.31. The highest BCUT2D eigenvalue weighted by molar-refractivity contribution is 5.81. The van der Waals surface area contributed by atoms with Gasteiger partial charge in [-0.15, -0.1) is 0 Å². The molecule has 4 nitrogen and oxygen atoms in total. The SMILES string of the molecule is CCOC(=O)C(CC)Nc1ccccc1N(C)C. The Hall–Kier alpha value is -1.71. The third kappa shape index (κ3) is 3.65. The minimum atomic E-state index is -0.300. The van der Waals surface area contributed by atoms with E-state index < -0.39 is 0 Å². The van der Waals surface area contributed by atoms with Gasteiger partial charge in [-0.25, -0.2) is 4.79 Å². The summed E-state index contributed by atoms with van der Waals surface area (Å²) in [5, 5.41) is 3.25. The molecule has 0 amide bonds. The van der Waals surface area contributed by atoms with Crippen LogP contribution in [-0.4, -0.2) is 32.7 Å². The van der Waals surface area contributed by atoms with Crippen molar-refractivity contribution >= 4 is 17.3 Å². The van der Waals surface area contributed by atoms with Crippen molar-refractivity contribution in [2.24, 2.45) is 0 Å². The van der Waals surface area contributed by atoms with Crippen LogP contribution < -0.4 is 10.2 Å². The maximum atomic E-state index is 11.8. The molecule has 0 bridgehead atoms. The lowest BCUT2D eigenvalue weighted by Gasteiger charge is -2.22. The van der Waals surface area contributed by atoms with Gasteiger partial charge in [0, 0.05) is 14.1 Å². The van der Waals surface area contributed by atoms with Crippen LogP contribution >= 0.6 is 0 Å². The quantitative estimate of drug-likeness (QED) is 0.788. The zero-order valence-electron chi connectivity index (χ0n) is 11.6. The summed E-state index contributed by atoms with van der Waals surface area (Å²) in [5.74, 6) is -0.200. The van der Waals surface area contributed by atoms with E-state index in [1.54, 1.807) is 0 Å². The molecule has 1 aromatic carbocycles. The van der Waals surface area contributed by atoms with Crippen LogP contribution in [-0.2, 0) is 9.53 Å². The predicted molar refractivity (Wildman–Crippen MR) is 75.1 cm³/mol. The average molecular weight is 250 g/mol. The van der Waals surface area contributed by atoms with Crippen LogP contribution in [0.15, 0.2) is 24.3 Å². The van der Waals surface area contributed by atoms with E-state index in [1.165, 1.54) is 0 Å². The van der Waals surface area contributed by atoms with Crippen molar-refractivity contribution in [1.29, 1.82) is 0 Å². The van der Waals surface area contributed by atoms with E-state index in [0.717, 1.165) is 11.4 Å². The highest BCUT2D eigenvalue weighted by atomic mass is 16.5. The van der Waals surface area contributed by atoms with Gasteiger partial charge in [-0.05, 0) is 25.5 Å². The maximum Gasteiger partial charge on any atom is 0.328 e. The molecular formula is C14H22N2O2. The molecule has 1 atom stereocenters. The Labute approximate surface area is 109 Å². The number of para-hydroxylation sites is 2. The third-order valence-electron chi connectivity index (χ3n) is 2.69. The van der Waals surface area contributed by atoms with Crippen molar-refractivity contribution in [3.63, 3.8) is 0 Å². The number of benzene rings is 1. The molecule has 0 fully saturated rings. The normalized spacial score (nSPS) is 11.8. The van der Waals surface area contributed by atoms with Gasteiger partial charge in [-0.3, -0.25) is 0 Å². The standard InChI is InChI=1S/C14H22N2O2/c1-5-11(14(17)18-6-2)15-12-9-7-8-10-13(12)16(3)4/h7-11,15H,5-6H2,1-4H3. The van der Waals surface area contributed by atoms with Gasteiger partial charge in [0.25, 0.3) is 0 Å². The monoisotopic (exact) mass is 250 g/mol. The van der Waals surface area contributed by atoms with Gasteiger partial charge >= 0.3 is 5.97 Å². The van der Waals surface area contributed by atoms with E-state index in [1.807, 2.05) is 57.1 Å². The first-order valence-electron chi connectivity index (χ1n) is 6.29. The predicted octanol–water partition coefficient (Wildman–Crippen LogP) is 2.51. The number of rotatable bonds is 6. The van der Waals surface area contributed by atoms with E-state index in [-0.39, 0.29) is 12.0 Å². The van der Waals surface area contributed by atoms with Crippen LogP contribution in [0.2, 0.25) is 0 Å². The largest absolute Gasteiger partial charge is 0.464 e. The minimum absolute atomic E-state index is 0.200. The lowest BCUT2D eigenvalue weighted by molar-refractivity contribution is -0.144. The van der Waals surface area contributed by atoms with Crippen LogP contribution in [0.5, 0.6) is 0 Å². The summed E-state index contributed by atoms with van der Waals surface area (Å²) in [6, 6.07) is 7.61. The molecule has 4 heteroatoms. The van der Waals surface area contributed by atoms with Crippen LogP contribution in [0.4, 0.5) is 11.4 Å². The third-order valence-corrected chi connectivity index (χ3v) is 2.69. The number of esters is 1. The zero-order valence-corrected chi connectivity index (χ0v) is 11.6. The summed E-state index contributed by atoms with van der Waals surface area (Å²) in [5.41, 5.74) is 2.00. The van der Waals surface area contributed by atoms with E-state index in [4.69, 9.17) is 4.74 Å². The molecule has 1 unspecified atom stereocenters. The smallest absolute Gasteiger partial charge is 0.328 e. The number of nitrogens with one attached hydrogen (secondary N) is 1. The molecule has 0 radical (unpaired) electrons. The molecule has 0 aliphatic heterocycles. The molecule has 0 aliphatic rings. The molecule has 1 rings (SSSR count). The average Bonchev–Trinajstić information content (AvgIpc) is 2.36. The Morgan fingerprint density at radius 3 is 2.56 bits per heavy atom.